The van der Waals surface area contributed by atoms with Crippen LogP contribution in [0.1, 0.15) is 16.7 Å². The maximum atomic E-state index is 9.76. The van der Waals surface area contributed by atoms with Crippen molar-refractivity contribution in [1.29, 1.82) is 0 Å². The second-order valence-corrected chi connectivity index (χ2v) is 5.50. The molecule has 0 spiro atoms. The second-order valence-electron chi connectivity index (χ2n) is 5.07. The highest BCUT2D eigenvalue weighted by Crippen LogP contribution is 2.19. The molecule has 0 aliphatic carbocycles. The van der Waals surface area contributed by atoms with Crippen LogP contribution in [0, 0.1) is 13.8 Å². The van der Waals surface area contributed by atoms with Crippen molar-refractivity contribution in [3.05, 3.63) is 33.8 Å². The molecule has 0 fully saturated rings. The number of aryl methyl sites for hydroxylation is 2. The summed E-state index contributed by atoms with van der Waals surface area (Å²) in [4.78, 5) is 1.98. The number of hydrogen-bond acceptors (Lipinski definition) is 3. The molecule has 0 radical (unpaired) electrons. The second kappa shape index (κ2) is 7.10. The van der Waals surface area contributed by atoms with E-state index < -0.39 is 0 Å². The summed E-state index contributed by atoms with van der Waals surface area (Å²) in [6.45, 7) is 6.16. The Morgan fingerprint density at radius 3 is 2.33 bits per heavy atom. The number of nitrogens with one attached hydrogen (secondary N) is 1. The minimum Gasteiger partial charge on any atom is -0.390 e. The highest BCUT2D eigenvalue weighted by molar-refractivity contribution is 6.30. The van der Waals surface area contributed by atoms with Crippen molar-refractivity contribution < 1.29 is 5.11 Å². The van der Waals surface area contributed by atoms with Crippen LogP contribution in [0.2, 0.25) is 5.02 Å². The zero-order chi connectivity index (χ0) is 13.7. The van der Waals surface area contributed by atoms with Gasteiger partial charge in [-0.25, -0.2) is 0 Å². The highest BCUT2D eigenvalue weighted by Gasteiger charge is 2.07. The fraction of sp³-hybridized carbons (Fsp3) is 0.571. The lowest BCUT2D eigenvalue weighted by Crippen LogP contribution is -2.34. The molecular weight excluding hydrogens is 248 g/mol. The first-order valence-corrected chi connectivity index (χ1v) is 6.57. The molecule has 1 unspecified atom stereocenters. The molecule has 3 nitrogen and oxygen atoms in total. The molecule has 1 rings (SSSR count). The fourth-order valence-electron chi connectivity index (χ4n) is 2.07. The van der Waals surface area contributed by atoms with E-state index in [0.717, 1.165) is 11.6 Å². The monoisotopic (exact) mass is 270 g/mol. The molecule has 0 aromatic heterocycles. The minimum absolute atomic E-state index is 0.340. The molecule has 1 aromatic carbocycles. The van der Waals surface area contributed by atoms with Crippen molar-refractivity contribution in [1.82, 2.24) is 10.2 Å². The smallest absolute Gasteiger partial charge is 0.0791 e. The molecule has 1 aromatic rings. The maximum absolute atomic E-state index is 9.76. The molecule has 18 heavy (non-hydrogen) atoms. The molecule has 1 atom stereocenters. The number of likely N-dealkylation sites (N-methyl/N-ethyl adjacent to an activating group) is 1. The third-order valence-corrected chi connectivity index (χ3v) is 3.14. The molecule has 102 valence electrons. The van der Waals surface area contributed by atoms with E-state index in [9.17, 15) is 5.11 Å². The van der Waals surface area contributed by atoms with Gasteiger partial charge < -0.3 is 15.3 Å². The number of rotatable bonds is 6. The van der Waals surface area contributed by atoms with Crippen molar-refractivity contribution in [2.24, 2.45) is 0 Å². The first-order chi connectivity index (χ1) is 8.40. The number of benzene rings is 1. The summed E-state index contributed by atoms with van der Waals surface area (Å²) in [6.07, 6.45) is -0.340. The molecule has 0 aliphatic heterocycles. The number of aliphatic hydroxyl groups is 1. The van der Waals surface area contributed by atoms with Gasteiger partial charge in [0.1, 0.15) is 0 Å². The van der Waals surface area contributed by atoms with E-state index in [1.165, 1.54) is 16.7 Å². The number of hydrogen-bond donors (Lipinski definition) is 2. The normalized spacial score (nSPS) is 13.1. The van der Waals surface area contributed by atoms with E-state index in [-0.39, 0.29) is 6.10 Å². The quantitative estimate of drug-likeness (QED) is 0.830. The summed E-state index contributed by atoms with van der Waals surface area (Å²) in [5.41, 5.74) is 3.64. The summed E-state index contributed by atoms with van der Waals surface area (Å²) in [5.74, 6) is 0. The molecule has 0 heterocycles. The number of halogens is 1. The van der Waals surface area contributed by atoms with Crippen molar-refractivity contribution in [2.45, 2.75) is 26.5 Å². The summed E-state index contributed by atoms with van der Waals surface area (Å²) < 4.78 is 0. The Balaban J connectivity index is 2.49. The van der Waals surface area contributed by atoms with Crippen LogP contribution in [0.5, 0.6) is 0 Å². The van der Waals surface area contributed by atoms with Crippen LogP contribution in [0.15, 0.2) is 12.1 Å². The van der Waals surface area contributed by atoms with E-state index in [2.05, 4.69) is 19.2 Å². The highest BCUT2D eigenvalue weighted by atomic mass is 35.5. The van der Waals surface area contributed by atoms with E-state index in [4.69, 9.17) is 11.6 Å². The van der Waals surface area contributed by atoms with Gasteiger partial charge in [0.05, 0.1) is 6.10 Å². The van der Waals surface area contributed by atoms with Gasteiger partial charge in [0, 0.05) is 24.7 Å². The summed E-state index contributed by atoms with van der Waals surface area (Å²) in [5, 5.41) is 13.8. The Morgan fingerprint density at radius 1 is 1.28 bits per heavy atom. The van der Waals surface area contributed by atoms with Gasteiger partial charge in [-0.05, 0) is 56.8 Å². The molecule has 0 bridgehead atoms. The van der Waals surface area contributed by atoms with Crippen LogP contribution in [0.25, 0.3) is 0 Å². The van der Waals surface area contributed by atoms with Crippen molar-refractivity contribution in [3.63, 3.8) is 0 Å². The molecule has 0 amide bonds. The first-order valence-electron chi connectivity index (χ1n) is 6.19. The van der Waals surface area contributed by atoms with Gasteiger partial charge in [-0.1, -0.05) is 11.6 Å². The average molecular weight is 271 g/mol. The Morgan fingerprint density at radius 2 is 1.83 bits per heavy atom. The largest absolute Gasteiger partial charge is 0.390 e. The lowest BCUT2D eigenvalue weighted by atomic mass is 10.0. The van der Waals surface area contributed by atoms with Crippen LogP contribution >= 0.6 is 11.6 Å². The van der Waals surface area contributed by atoms with Crippen LogP contribution in [0.4, 0.5) is 0 Å². The Bertz CT molecular complexity index is 370. The van der Waals surface area contributed by atoms with Gasteiger partial charge in [-0.2, -0.15) is 0 Å². The summed E-state index contributed by atoms with van der Waals surface area (Å²) in [6, 6.07) is 3.95. The fourth-order valence-corrected chi connectivity index (χ4v) is 2.40. The molecule has 4 heteroatoms. The standard InChI is InChI=1S/C14H23ClN2O/c1-10-5-12(15)6-11(2)14(10)8-16-7-13(18)9-17(3)4/h5-6,13,16,18H,7-9H2,1-4H3. The molecular formula is C14H23ClN2O. The molecule has 0 aliphatic rings. The van der Waals surface area contributed by atoms with Crippen molar-refractivity contribution in [2.75, 3.05) is 27.2 Å². The predicted molar refractivity (Wildman–Crippen MR) is 77.2 cm³/mol. The number of aliphatic hydroxyl groups excluding tert-OH is 1. The van der Waals surface area contributed by atoms with E-state index >= 15 is 0 Å². The Kier molecular flexibility index (Phi) is 6.09. The lowest BCUT2D eigenvalue weighted by molar-refractivity contribution is 0.134. The molecule has 2 N–H and O–H groups in total. The predicted octanol–water partition coefficient (Wildman–Crippen LogP) is 1.97. The Hall–Kier alpha value is -0.610. The van der Waals surface area contributed by atoms with Crippen LogP contribution < -0.4 is 5.32 Å². The number of nitrogens with zero attached hydrogens (tertiary/aromatic N) is 1. The van der Waals surface area contributed by atoms with E-state index in [1.54, 1.807) is 0 Å². The maximum Gasteiger partial charge on any atom is 0.0791 e. The minimum atomic E-state index is -0.340. The van der Waals surface area contributed by atoms with Crippen molar-refractivity contribution >= 4 is 11.6 Å². The average Bonchev–Trinajstić information content (AvgIpc) is 2.20. The summed E-state index contributed by atoms with van der Waals surface area (Å²) in [7, 11) is 3.91. The third kappa shape index (κ3) is 4.94. The van der Waals surface area contributed by atoms with E-state index in [0.29, 0.717) is 13.1 Å². The molecule has 0 saturated carbocycles. The van der Waals surface area contributed by atoms with Crippen LogP contribution in [-0.4, -0.2) is 43.3 Å². The van der Waals surface area contributed by atoms with Gasteiger partial charge in [-0.3, -0.25) is 0 Å². The van der Waals surface area contributed by atoms with E-state index in [1.807, 2.05) is 31.1 Å². The summed E-state index contributed by atoms with van der Waals surface area (Å²) >= 11 is 6.00. The van der Waals surface area contributed by atoms with Gasteiger partial charge in [0.25, 0.3) is 0 Å². The lowest BCUT2D eigenvalue weighted by Gasteiger charge is -2.17. The third-order valence-electron chi connectivity index (χ3n) is 2.92. The first kappa shape index (κ1) is 15.4. The SMILES string of the molecule is Cc1cc(Cl)cc(C)c1CNCC(O)CN(C)C. The Labute approximate surface area is 115 Å². The van der Waals surface area contributed by atoms with Gasteiger partial charge in [0.15, 0.2) is 0 Å². The van der Waals surface area contributed by atoms with Crippen molar-refractivity contribution in [3.8, 4) is 0 Å². The molecule has 0 saturated heterocycles. The van der Waals surface area contributed by atoms with Crippen LogP contribution in [0.3, 0.4) is 0 Å². The van der Waals surface area contributed by atoms with Gasteiger partial charge in [-0.15, -0.1) is 0 Å². The zero-order valence-corrected chi connectivity index (χ0v) is 12.4. The van der Waals surface area contributed by atoms with Gasteiger partial charge >= 0.3 is 0 Å². The van der Waals surface area contributed by atoms with Gasteiger partial charge in [0.2, 0.25) is 0 Å². The topological polar surface area (TPSA) is 35.5 Å². The zero-order valence-electron chi connectivity index (χ0n) is 11.6. The van der Waals surface area contributed by atoms with Crippen LogP contribution in [-0.2, 0) is 6.54 Å².